The number of rotatable bonds is 6. The van der Waals surface area contributed by atoms with Crippen LogP contribution in [0.25, 0.3) is 16.9 Å². The van der Waals surface area contributed by atoms with Crippen molar-refractivity contribution in [2.24, 2.45) is 0 Å². The minimum absolute atomic E-state index is 0.157. The average molecular weight is 421 g/mol. The molecule has 0 aliphatic heterocycles. The number of aromatic nitrogens is 3. The number of aromatic amines is 1. The molecule has 29 heavy (non-hydrogen) atoms. The molecular formula is C22H20N4OS2. The van der Waals surface area contributed by atoms with Gasteiger partial charge >= 0.3 is 0 Å². The SMILES string of the molecule is Cc1nc(-c2ccc(CCNC(=O)c3c[nH]c(=S)n3-c3ccccc3)cc2)cs1. The lowest BCUT2D eigenvalue weighted by atomic mass is 10.1. The number of hydrogen-bond donors (Lipinski definition) is 2. The van der Waals surface area contributed by atoms with Gasteiger partial charge in [0, 0.05) is 29.4 Å². The largest absolute Gasteiger partial charge is 0.350 e. The number of aryl methyl sites for hydroxylation is 1. The Balaban J connectivity index is 1.39. The minimum Gasteiger partial charge on any atom is -0.350 e. The molecule has 1 amide bonds. The van der Waals surface area contributed by atoms with E-state index in [4.69, 9.17) is 12.2 Å². The van der Waals surface area contributed by atoms with Crippen molar-refractivity contribution in [2.75, 3.05) is 6.54 Å². The number of amides is 1. The number of carbonyl (C=O) groups is 1. The van der Waals surface area contributed by atoms with Crippen molar-refractivity contribution in [3.05, 3.63) is 87.2 Å². The third-order valence-corrected chi connectivity index (χ3v) is 5.67. The van der Waals surface area contributed by atoms with Crippen LogP contribution in [0.15, 0.2) is 66.2 Å². The quantitative estimate of drug-likeness (QED) is 0.434. The van der Waals surface area contributed by atoms with E-state index in [2.05, 4.69) is 44.9 Å². The summed E-state index contributed by atoms with van der Waals surface area (Å²) in [5.74, 6) is -0.157. The van der Waals surface area contributed by atoms with Crippen molar-refractivity contribution in [3.63, 3.8) is 0 Å². The summed E-state index contributed by atoms with van der Waals surface area (Å²) in [4.78, 5) is 20.2. The van der Waals surface area contributed by atoms with Gasteiger partial charge in [0.15, 0.2) is 4.77 Å². The van der Waals surface area contributed by atoms with Crippen LogP contribution in [0.5, 0.6) is 0 Å². The molecule has 7 heteroatoms. The van der Waals surface area contributed by atoms with E-state index in [9.17, 15) is 4.79 Å². The molecule has 0 atom stereocenters. The monoisotopic (exact) mass is 420 g/mol. The number of nitrogens with zero attached hydrogens (tertiary/aromatic N) is 2. The van der Waals surface area contributed by atoms with Crippen LogP contribution in [0.2, 0.25) is 0 Å². The van der Waals surface area contributed by atoms with Gasteiger partial charge in [0.1, 0.15) is 5.69 Å². The molecule has 2 aromatic carbocycles. The average Bonchev–Trinajstić information content (AvgIpc) is 3.35. The first-order chi connectivity index (χ1) is 14.1. The highest BCUT2D eigenvalue weighted by atomic mass is 32.1. The number of imidazole rings is 1. The molecule has 0 saturated heterocycles. The Morgan fingerprint density at radius 1 is 1.17 bits per heavy atom. The fourth-order valence-electron chi connectivity index (χ4n) is 3.12. The summed E-state index contributed by atoms with van der Waals surface area (Å²) >= 11 is 6.99. The second-order valence-electron chi connectivity index (χ2n) is 6.60. The molecule has 0 unspecified atom stereocenters. The van der Waals surface area contributed by atoms with Crippen LogP contribution in [0.4, 0.5) is 0 Å². The van der Waals surface area contributed by atoms with Crippen molar-refractivity contribution in [3.8, 4) is 16.9 Å². The summed E-state index contributed by atoms with van der Waals surface area (Å²) in [6.07, 6.45) is 2.40. The van der Waals surface area contributed by atoms with Crippen molar-refractivity contribution in [1.29, 1.82) is 0 Å². The van der Waals surface area contributed by atoms with Crippen LogP contribution in [0.1, 0.15) is 21.1 Å². The first-order valence-corrected chi connectivity index (χ1v) is 10.6. The summed E-state index contributed by atoms with van der Waals surface area (Å²) in [7, 11) is 0. The van der Waals surface area contributed by atoms with Gasteiger partial charge in [-0.1, -0.05) is 42.5 Å². The molecule has 2 aromatic heterocycles. The standard InChI is InChI=1S/C22H20N4OS2/c1-15-25-19(14-29-15)17-9-7-16(8-10-17)11-12-23-21(27)20-13-24-22(28)26(20)18-5-3-2-4-6-18/h2-10,13-14H,11-12H2,1H3,(H,23,27)(H,24,28). The Bertz CT molecular complexity index is 1170. The number of H-pyrrole nitrogens is 1. The number of nitrogens with one attached hydrogen (secondary N) is 2. The molecule has 0 aliphatic carbocycles. The molecule has 0 saturated carbocycles. The van der Waals surface area contributed by atoms with E-state index < -0.39 is 0 Å². The molecule has 5 nitrogen and oxygen atoms in total. The highest BCUT2D eigenvalue weighted by Gasteiger charge is 2.13. The van der Waals surface area contributed by atoms with Crippen LogP contribution >= 0.6 is 23.6 Å². The Labute approximate surface area is 178 Å². The third-order valence-electron chi connectivity index (χ3n) is 4.59. The molecule has 2 heterocycles. The molecule has 0 bridgehead atoms. The Morgan fingerprint density at radius 2 is 1.93 bits per heavy atom. The topological polar surface area (TPSA) is 62.7 Å². The summed E-state index contributed by atoms with van der Waals surface area (Å²) < 4.78 is 2.24. The van der Waals surface area contributed by atoms with Gasteiger partial charge in [-0.3, -0.25) is 9.36 Å². The maximum atomic E-state index is 12.7. The van der Waals surface area contributed by atoms with E-state index in [0.29, 0.717) is 17.0 Å². The number of para-hydroxylation sites is 1. The highest BCUT2D eigenvalue weighted by Crippen LogP contribution is 2.22. The van der Waals surface area contributed by atoms with Crippen molar-refractivity contribution in [1.82, 2.24) is 19.9 Å². The van der Waals surface area contributed by atoms with Gasteiger partial charge in [0.2, 0.25) is 0 Å². The summed E-state index contributed by atoms with van der Waals surface area (Å²) in [5.41, 5.74) is 4.63. The molecule has 4 rings (SSSR count). The van der Waals surface area contributed by atoms with Crippen molar-refractivity contribution >= 4 is 29.5 Å². The zero-order chi connectivity index (χ0) is 20.2. The fourth-order valence-corrected chi connectivity index (χ4v) is 4.00. The van der Waals surface area contributed by atoms with Crippen LogP contribution in [0.3, 0.4) is 0 Å². The molecule has 0 aliphatic rings. The van der Waals surface area contributed by atoms with Crippen LogP contribution in [0, 0.1) is 11.7 Å². The lowest BCUT2D eigenvalue weighted by Crippen LogP contribution is -2.27. The van der Waals surface area contributed by atoms with Crippen LogP contribution in [-0.2, 0) is 6.42 Å². The van der Waals surface area contributed by atoms with Gasteiger partial charge in [-0.05, 0) is 43.3 Å². The molecular weight excluding hydrogens is 400 g/mol. The van der Waals surface area contributed by atoms with E-state index >= 15 is 0 Å². The molecule has 4 aromatic rings. The first-order valence-electron chi connectivity index (χ1n) is 9.27. The summed E-state index contributed by atoms with van der Waals surface area (Å²) in [5, 5.41) is 6.11. The number of carbonyl (C=O) groups excluding carboxylic acids is 1. The maximum absolute atomic E-state index is 12.7. The Kier molecular flexibility index (Phi) is 5.69. The zero-order valence-electron chi connectivity index (χ0n) is 15.9. The third kappa shape index (κ3) is 4.36. The lowest BCUT2D eigenvalue weighted by molar-refractivity contribution is 0.0947. The number of thiazole rings is 1. The fraction of sp³-hybridized carbons (Fsp3) is 0.136. The van der Waals surface area contributed by atoms with E-state index in [1.807, 2.05) is 37.3 Å². The van der Waals surface area contributed by atoms with E-state index in [1.165, 1.54) is 0 Å². The van der Waals surface area contributed by atoms with Crippen molar-refractivity contribution < 1.29 is 4.79 Å². The van der Waals surface area contributed by atoms with E-state index in [-0.39, 0.29) is 5.91 Å². The van der Waals surface area contributed by atoms with Crippen LogP contribution in [-0.4, -0.2) is 27.0 Å². The molecule has 0 fully saturated rings. The van der Waals surface area contributed by atoms with Gasteiger partial charge in [-0.2, -0.15) is 0 Å². The van der Waals surface area contributed by atoms with Crippen LogP contribution < -0.4 is 5.32 Å². The predicted octanol–water partition coefficient (Wildman–Crippen LogP) is 4.94. The second kappa shape index (κ2) is 8.55. The van der Waals surface area contributed by atoms with Gasteiger partial charge in [-0.25, -0.2) is 4.98 Å². The molecule has 146 valence electrons. The Morgan fingerprint density at radius 3 is 2.62 bits per heavy atom. The van der Waals surface area contributed by atoms with Gasteiger partial charge in [0.05, 0.1) is 10.7 Å². The van der Waals surface area contributed by atoms with E-state index in [0.717, 1.165) is 33.9 Å². The molecule has 0 spiro atoms. The minimum atomic E-state index is -0.157. The zero-order valence-corrected chi connectivity index (χ0v) is 17.5. The number of hydrogen-bond acceptors (Lipinski definition) is 4. The van der Waals surface area contributed by atoms with Crippen molar-refractivity contribution in [2.45, 2.75) is 13.3 Å². The van der Waals surface area contributed by atoms with Gasteiger partial charge < -0.3 is 10.3 Å². The van der Waals surface area contributed by atoms with E-state index in [1.54, 1.807) is 22.1 Å². The lowest BCUT2D eigenvalue weighted by Gasteiger charge is -2.09. The summed E-state index contributed by atoms with van der Waals surface area (Å²) in [6.45, 7) is 2.55. The second-order valence-corrected chi connectivity index (χ2v) is 8.05. The summed E-state index contributed by atoms with van der Waals surface area (Å²) in [6, 6.07) is 17.9. The molecule has 0 radical (unpaired) electrons. The maximum Gasteiger partial charge on any atom is 0.269 e. The number of benzene rings is 2. The predicted molar refractivity (Wildman–Crippen MR) is 119 cm³/mol. The Hall–Kier alpha value is -3.03. The highest BCUT2D eigenvalue weighted by molar-refractivity contribution is 7.71. The van der Waals surface area contributed by atoms with Gasteiger partial charge in [-0.15, -0.1) is 11.3 Å². The molecule has 2 N–H and O–H groups in total. The first kappa shape index (κ1) is 19.3. The smallest absolute Gasteiger partial charge is 0.269 e. The van der Waals surface area contributed by atoms with Gasteiger partial charge in [0.25, 0.3) is 5.91 Å². The normalized spacial score (nSPS) is 10.8.